The summed E-state index contributed by atoms with van der Waals surface area (Å²) in [5.41, 5.74) is 0.122. The fraction of sp³-hybridized carbons (Fsp3) is 0.375. The molecule has 5 heteroatoms. The van der Waals surface area contributed by atoms with Crippen molar-refractivity contribution in [1.29, 1.82) is 0 Å². The third kappa shape index (κ3) is 2.69. The third-order valence-electron chi connectivity index (χ3n) is 3.94. The van der Waals surface area contributed by atoms with Gasteiger partial charge in [0.05, 0.1) is 10.3 Å². The quantitative estimate of drug-likeness (QED) is 0.677. The number of hydrogen-bond acceptors (Lipinski definition) is 4. The van der Waals surface area contributed by atoms with Gasteiger partial charge in [-0.1, -0.05) is 25.1 Å². The number of nitro groups is 1. The highest BCUT2D eigenvalue weighted by atomic mass is 16.6. The second kappa shape index (κ2) is 5.69. The van der Waals surface area contributed by atoms with Gasteiger partial charge < -0.3 is 10.1 Å². The van der Waals surface area contributed by atoms with Crippen LogP contribution in [0.2, 0.25) is 0 Å². The number of ether oxygens (including phenoxy) is 1. The minimum Gasteiger partial charge on any atom is -0.490 e. The van der Waals surface area contributed by atoms with Crippen molar-refractivity contribution in [2.24, 2.45) is 0 Å². The summed E-state index contributed by atoms with van der Waals surface area (Å²) < 4.78 is 6.01. The minimum atomic E-state index is -0.351. The van der Waals surface area contributed by atoms with Crippen LogP contribution in [-0.2, 0) is 0 Å². The smallest absolute Gasteiger partial charge is 0.277 e. The molecule has 2 aromatic carbocycles. The number of fused-ring (bicyclic) bond motifs is 1. The molecule has 0 bridgehead atoms. The predicted molar refractivity (Wildman–Crippen MR) is 81.7 cm³/mol. The molecule has 0 saturated heterocycles. The van der Waals surface area contributed by atoms with Crippen LogP contribution in [0.25, 0.3) is 10.8 Å². The van der Waals surface area contributed by atoms with Crippen LogP contribution >= 0.6 is 0 Å². The maximum atomic E-state index is 11.1. The summed E-state index contributed by atoms with van der Waals surface area (Å²) in [5, 5.41) is 15.9. The van der Waals surface area contributed by atoms with Crippen LogP contribution in [0.1, 0.15) is 19.8 Å². The summed E-state index contributed by atoms with van der Waals surface area (Å²) in [4.78, 5) is 10.7. The van der Waals surface area contributed by atoms with Crippen LogP contribution < -0.4 is 10.1 Å². The second-order valence-corrected chi connectivity index (χ2v) is 5.35. The molecule has 0 unspecified atom stereocenters. The Morgan fingerprint density at radius 2 is 1.95 bits per heavy atom. The van der Waals surface area contributed by atoms with E-state index in [-0.39, 0.29) is 16.7 Å². The van der Waals surface area contributed by atoms with E-state index in [0.29, 0.717) is 11.4 Å². The van der Waals surface area contributed by atoms with Crippen molar-refractivity contribution in [2.45, 2.75) is 31.9 Å². The third-order valence-corrected chi connectivity index (χ3v) is 3.94. The zero-order chi connectivity index (χ0) is 14.8. The van der Waals surface area contributed by atoms with Crippen LogP contribution in [0.4, 0.5) is 5.69 Å². The van der Waals surface area contributed by atoms with Crippen LogP contribution in [0.15, 0.2) is 36.4 Å². The Balaban J connectivity index is 1.84. The number of rotatable bonds is 5. The lowest BCUT2D eigenvalue weighted by Gasteiger charge is -2.36. The fourth-order valence-electron chi connectivity index (χ4n) is 2.81. The van der Waals surface area contributed by atoms with E-state index in [1.54, 1.807) is 12.1 Å². The molecule has 0 atom stereocenters. The van der Waals surface area contributed by atoms with Crippen molar-refractivity contribution in [3.63, 3.8) is 0 Å². The van der Waals surface area contributed by atoms with E-state index in [0.717, 1.165) is 30.5 Å². The molecule has 0 amide bonds. The molecule has 21 heavy (non-hydrogen) atoms. The Morgan fingerprint density at radius 3 is 2.62 bits per heavy atom. The first-order chi connectivity index (χ1) is 10.2. The Labute approximate surface area is 123 Å². The molecule has 5 nitrogen and oxygen atoms in total. The van der Waals surface area contributed by atoms with Crippen LogP contribution in [-0.4, -0.2) is 23.6 Å². The summed E-state index contributed by atoms with van der Waals surface area (Å²) >= 11 is 0. The zero-order valence-electron chi connectivity index (χ0n) is 11.9. The zero-order valence-corrected chi connectivity index (χ0v) is 11.9. The molecule has 0 radical (unpaired) electrons. The van der Waals surface area contributed by atoms with Crippen molar-refractivity contribution >= 4 is 16.5 Å². The molecular formula is C16H18N2O3. The van der Waals surface area contributed by atoms with Crippen molar-refractivity contribution < 1.29 is 9.66 Å². The number of nitrogens with one attached hydrogen (secondary N) is 1. The van der Waals surface area contributed by atoms with Gasteiger partial charge in [0.25, 0.3) is 5.69 Å². The van der Waals surface area contributed by atoms with E-state index in [4.69, 9.17) is 4.74 Å². The first-order valence-electron chi connectivity index (χ1n) is 7.25. The van der Waals surface area contributed by atoms with Gasteiger partial charge in [-0.2, -0.15) is 0 Å². The molecule has 0 aromatic heterocycles. The largest absolute Gasteiger partial charge is 0.490 e. The monoisotopic (exact) mass is 286 g/mol. The molecule has 1 aliphatic carbocycles. The van der Waals surface area contributed by atoms with Gasteiger partial charge >= 0.3 is 0 Å². The Hall–Kier alpha value is -2.14. The number of nitro benzene ring substituents is 1. The standard InChI is InChI=1S/C16H18N2O3/c1-2-17-11-9-12(10-11)21-16-8-7-15(18(19)20)13-5-3-4-6-14(13)16/h3-8,11-12,17H,2,9-10H2,1H3. The Bertz CT molecular complexity index is 666. The Kier molecular flexibility index (Phi) is 3.75. The van der Waals surface area contributed by atoms with Crippen molar-refractivity contribution in [3.8, 4) is 5.75 Å². The topological polar surface area (TPSA) is 64.4 Å². The van der Waals surface area contributed by atoms with Crippen molar-refractivity contribution in [2.75, 3.05) is 6.54 Å². The average molecular weight is 286 g/mol. The molecule has 3 rings (SSSR count). The summed E-state index contributed by atoms with van der Waals surface area (Å²) in [6.45, 7) is 3.07. The lowest BCUT2D eigenvalue weighted by atomic mass is 9.89. The highest BCUT2D eigenvalue weighted by Gasteiger charge is 2.30. The summed E-state index contributed by atoms with van der Waals surface area (Å²) in [6, 6.07) is 11.1. The fourth-order valence-corrected chi connectivity index (χ4v) is 2.81. The minimum absolute atomic E-state index is 0.122. The molecular weight excluding hydrogens is 268 g/mol. The van der Waals surface area contributed by atoms with Crippen LogP contribution in [0, 0.1) is 10.1 Å². The van der Waals surface area contributed by atoms with Crippen LogP contribution in [0.3, 0.4) is 0 Å². The number of benzene rings is 2. The first-order valence-corrected chi connectivity index (χ1v) is 7.25. The van der Waals surface area contributed by atoms with Gasteiger partial charge in [-0.25, -0.2) is 0 Å². The van der Waals surface area contributed by atoms with Gasteiger partial charge in [0.15, 0.2) is 0 Å². The molecule has 110 valence electrons. The van der Waals surface area contributed by atoms with E-state index in [9.17, 15) is 10.1 Å². The van der Waals surface area contributed by atoms with E-state index < -0.39 is 0 Å². The maximum Gasteiger partial charge on any atom is 0.277 e. The van der Waals surface area contributed by atoms with Crippen molar-refractivity contribution in [3.05, 3.63) is 46.5 Å². The molecule has 1 fully saturated rings. The summed E-state index contributed by atoms with van der Waals surface area (Å²) in [7, 11) is 0. The van der Waals surface area contributed by atoms with Gasteiger partial charge in [0, 0.05) is 17.5 Å². The van der Waals surface area contributed by atoms with Gasteiger partial charge in [0.1, 0.15) is 11.9 Å². The molecule has 1 N–H and O–H groups in total. The predicted octanol–water partition coefficient (Wildman–Crippen LogP) is 3.27. The lowest BCUT2D eigenvalue weighted by molar-refractivity contribution is -0.383. The summed E-state index contributed by atoms with van der Waals surface area (Å²) in [5.74, 6) is 0.733. The van der Waals surface area contributed by atoms with E-state index in [1.165, 1.54) is 6.07 Å². The molecule has 0 heterocycles. The lowest BCUT2D eigenvalue weighted by Crippen LogP contribution is -2.46. The van der Waals surface area contributed by atoms with Gasteiger partial charge in [-0.05, 0) is 31.5 Å². The summed E-state index contributed by atoms with van der Waals surface area (Å²) in [6.07, 6.45) is 2.16. The SMILES string of the molecule is CCNC1CC(Oc2ccc([N+](=O)[O-])c3ccccc23)C1. The highest BCUT2D eigenvalue weighted by molar-refractivity contribution is 5.95. The van der Waals surface area contributed by atoms with Crippen molar-refractivity contribution in [1.82, 2.24) is 5.32 Å². The van der Waals surface area contributed by atoms with E-state index >= 15 is 0 Å². The number of hydrogen-bond donors (Lipinski definition) is 1. The Morgan fingerprint density at radius 1 is 1.24 bits per heavy atom. The molecule has 1 saturated carbocycles. The highest BCUT2D eigenvalue weighted by Crippen LogP contribution is 2.35. The van der Waals surface area contributed by atoms with Gasteiger partial charge in [-0.3, -0.25) is 10.1 Å². The average Bonchev–Trinajstić information content (AvgIpc) is 2.45. The second-order valence-electron chi connectivity index (χ2n) is 5.35. The molecule has 0 spiro atoms. The van der Waals surface area contributed by atoms with E-state index in [1.807, 2.05) is 18.2 Å². The van der Waals surface area contributed by atoms with Crippen LogP contribution in [0.5, 0.6) is 5.75 Å². The normalized spacial score (nSPS) is 21.0. The number of non-ortho nitro benzene ring substituents is 1. The molecule has 0 aliphatic heterocycles. The molecule has 2 aromatic rings. The van der Waals surface area contributed by atoms with Gasteiger partial charge in [0.2, 0.25) is 0 Å². The first kappa shape index (κ1) is 13.8. The van der Waals surface area contributed by atoms with E-state index in [2.05, 4.69) is 12.2 Å². The number of nitrogens with zero attached hydrogens (tertiary/aromatic N) is 1. The maximum absolute atomic E-state index is 11.1. The molecule has 1 aliphatic rings. The van der Waals surface area contributed by atoms with Gasteiger partial charge in [-0.15, -0.1) is 0 Å².